The van der Waals surface area contributed by atoms with Crippen LogP contribution in [0.25, 0.3) is 0 Å². The molecule has 2 atom stereocenters. The summed E-state index contributed by atoms with van der Waals surface area (Å²) < 4.78 is 0. The highest BCUT2D eigenvalue weighted by Crippen LogP contribution is 2.38. The minimum atomic E-state index is -0.836. The molecule has 1 saturated carbocycles. The summed E-state index contributed by atoms with van der Waals surface area (Å²) in [4.78, 5) is 23.4. The maximum Gasteiger partial charge on any atom is 0.311 e. The molecule has 0 saturated heterocycles. The van der Waals surface area contributed by atoms with E-state index in [4.69, 9.17) is 5.73 Å². The molecule has 1 fully saturated rings. The van der Waals surface area contributed by atoms with Crippen molar-refractivity contribution in [2.75, 3.05) is 5.73 Å². The summed E-state index contributed by atoms with van der Waals surface area (Å²) in [6.07, 6.45) is 3.17. The van der Waals surface area contributed by atoms with E-state index in [1.165, 1.54) is 0 Å². The first-order valence-corrected chi connectivity index (χ1v) is 7.29. The molecular formula is C16H22N2O3. The van der Waals surface area contributed by atoms with E-state index in [0.29, 0.717) is 24.9 Å². The largest absolute Gasteiger partial charge is 0.481 e. The molecule has 0 aromatic heterocycles. The van der Waals surface area contributed by atoms with Gasteiger partial charge in [0.25, 0.3) is 0 Å². The Morgan fingerprint density at radius 2 is 2.05 bits per heavy atom. The van der Waals surface area contributed by atoms with E-state index in [0.717, 1.165) is 18.4 Å². The number of carboxylic acid groups (broad SMARTS) is 1. The molecule has 0 radical (unpaired) electrons. The van der Waals surface area contributed by atoms with Crippen molar-refractivity contribution in [1.29, 1.82) is 0 Å². The molecule has 1 amide bonds. The molecule has 0 spiro atoms. The lowest BCUT2D eigenvalue weighted by atomic mass is 9.85. The highest BCUT2D eigenvalue weighted by atomic mass is 16.4. The summed E-state index contributed by atoms with van der Waals surface area (Å²) in [5.41, 5.74) is 6.53. The van der Waals surface area contributed by atoms with Crippen LogP contribution in [0, 0.1) is 5.41 Å². The van der Waals surface area contributed by atoms with Crippen LogP contribution in [-0.2, 0) is 16.0 Å². The van der Waals surface area contributed by atoms with E-state index in [1.54, 1.807) is 6.92 Å². The van der Waals surface area contributed by atoms with E-state index in [-0.39, 0.29) is 11.9 Å². The number of hydrogen-bond acceptors (Lipinski definition) is 3. The number of carboxylic acids is 1. The predicted octanol–water partition coefficient (Wildman–Crippen LogP) is 1.96. The van der Waals surface area contributed by atoms with Gasteiger partial charge in [-0.25, -0.2) is 0 Å². The van der Waals surface area contributed by atoms with Gasteiger partial charge >= 0.3 is 5.97 Å². The van der Waals surface area contributed by atoms with Crippen LogP contribution in [0.2, 0.25) is 0 Å². The number of aliphatic carboxylic acids is 1. The standard InChI is InChI=1S/C16H22N2O3/c1-16(15(20)21)10-2-3-13(16)18-14(19)9-6-11-4-7-12(17)8-5-11/h4-5,7-8,13H,2-3,6,9-10,17H2,1H3,(H,18,19)(H,20,21). The van der Waals surface area contributed by atoms with Crippen molar-refractivity contribution in [2.24, 2.45) is 5.41 Å². The molecule has 5 heteroatoms. The number of carbonyl (C=O) groups excluding carboxylic acids is 1. The number of anilines is 1. The Balaban J connectivity index is 1.87. The first kappa shape index (κ1) is 15.4. The molecule has 2 unspecified atom stereocenters. The number of nitrogens with one attached hydrogen (secondary N) is 1. The molecular weight excluding hydrogens is 268 g/mol. The van der Waals surface area contributed by atoms with E-state index in [2.05, 4.69) is 5.32 Å². The van der Waals surface area contributed by atoms with E-state index >= 15 is 0 Å². The fourth-order valence-corrected chi connectivity index (χ4v) is 2.86. The fourth-order valence-electron chi connectivity index (χ4n) is 2.86. The normalized spacial score (nSPS) is 24.7. The van der Waals surface area contributed by atoms with Gasteiger partial charge in [0.05, 0.1) is 5.41 Å². The van der Waals surface area contributed by atoms with Gasteiger partial charge in [-0.2, -0.15) is 0 Å². The molecule has 1 aliphatic carbocycles. The van der Waals surface area contributed by atoms with Gasteiger partial charge in [0.15, 0.2) is 0 Å². The number of hydrogen-bond donors (Lipinski definition) is 3. The molecule has 0 heterocycles. The average molecular weight is 290 g/mol. The van der Waals surface area contributed by atoms with Gasteiger partial charge in [-0.3, -0.25) is 9.59 Å². The molecule has 0 aliphatic heterocycles. The first-order valence-electron chi connectivity index (χ1n) is 7.29. The average Bonchev–Trinajstić information content (AvgIpc) is 2.81. The summed E-state index contributed by atoms with van der Waals surface area (Å²) in [5, 5.41) is 12.2. The molecule has 2 rings (SSSR count). The number of aryl methyl sites for hydroxylation is 1. The molecule has 5 nitrogen and oxygen atoms in total. The molecule has 4 N–H and O–H groups in total. The lowest BCUT2D eigenvalue weighted by Crippen LogP contribution is -2.47. The molecule has 0 bridgehead atoms. The first-order chi connectivity index (χ1) is 9.91. The van der Waals surface area contributed by atoms with Crippen molar-refractivity contribution in [3.05, 3.63) is 29.8 Å². The Labute approximate surface area is 124 Å². The fraction of sp³-hybridized carbons (Fsp3) is 0.500. The number of nitrogens with two attached hydrogens (primary N) is 1. The molecule has 114 valence electrons. The Morgan fingerprint density at radius 1 is 1.38 bits per heavy atom. The van der Waals surface area contributed by atoms with Crippen molar-refractivity contribution in [3.63, 3.8) is 0 Å². The van der Waals surface area contributed by atoms with Crippen molar-refractivity contribution < 1.29 is 14.7 Å². The maximum atomic E-state index is 12.0. The second-order valence-electron chi connectivity index (χ2n) is 5.98. The van der Waals surface area contributed by atoms with Crippen LogP contribution in [-0.4, -0.2) is 23.0 Å². The number of rotatable bonds is 5. The highest BCUT2D eigenvalue weighted by molar-refractivity contribution is 5.80. The van der Waals surface area contributed by atoms with E-state index in [1.807, 2.05) is 24.3 Å². The monoisotopic (exact) mass is 290 g/mol. The zero-order valence-corrected chi connectivity index (χ0v) is 12.3. The molecule has 21 heavy (non-hydrogen) atoms. The molecule has 1 aliphatic rings. The summed E-state index contributed by atoms with van der Waals surface area (Å²) in [6.45, 7) is 1.72. The van der Waals surface area contributed by atoms with Crippen LogP contribution in [0.3, 0.4) is 0 Å². The minimum absolute atomic E-state index is 0.0915. The summed E-state index contributed by atoms with van der Waals surface area (Å²) in [5.74, 6) is -0.921. The quantitative estimate of drug-likeness (QED) is 0.723. The summed E-state index contributed by atoms with van der Waals surface area (Å²) >= 11 is 0. The van der Waals surface area contributed by atoms with Crippen LogP contribution < -0.4 is 11.1 Å². The Morgan fingerprint density at radius 3 is 2.67 bits per heavy atom. The number of nitrogen functional groups attached to an aromatic ring is 1. The Hall–Kier alpha value is -2.04. The van der Waals surface area contributed by atoms with Crippen LogP contribution in [0.15, 0.2) is 24.3 Å². The number of benzene rings is 1. The lowest BCUT2D eigenvalue weighted by molar-refractivity contribution is -0.149. The van der Waals surface area contributed by atoms with Gasteiger partial charge < -0.3 is 16.2 Å². The van der Waals surface area contributed by atoms with Gasteiger partial charge in [-0.15, -0.1) is 0 Å². The second-order valence-corrected chi connectivity index (χ2v) is 5.98. The third kappa shape index (κ3) is 3.54. The van der Waals surface area contributed by atoms with Crippen LogP contribution in [0.5, 0.6) is 0 Å². The second kappa shape index (κ2) is 6.16. The lowest BCUT2D eigenvalue weighted by Gasteiger charge is -2.27. The van der Waals surface area contributed by atoms with Gasteiger partial charge in [0.1, 0.15) is 0 Å². The van der Waals surface area contributed by atoms with E-state index < -0.39 is 11.4 Å². The van der Waals surface area contributed by atoms with Crippen molar-refractivity contribution in [3.8, 4) is 0 Å². The maximum absolute atomic E-state index is 12.0. The smallest absolute Gasteiger partial charge is 0.311 e. The van der Waals surface area contributed by atoms with Crippen molar-refractivity contribution in [1.82, 2.24) is 5.32 Å². The van der Waals surface area contributed by atoms with Gasteiger partial charge in [0, 0.05) is 18.2 Å². The van der Waals surface area contributed by atoms with Gasteiger partial charge in [0.2, 0.25) is 5.91 Å². The molecule has 1 aromatic rings. The Kier molecular flexibility index (Phi) is 4.50. The third-order valence-electron chi connectivity index (χ3n) is 4.40. The number of amides is 1. The third-order valence-corrected chi connectivity index (χ3v) is 4.40. The molecule has 1 aromatic carbocycles. The topological polar surface area (TPSA) is 92.4 Å². The van der Waals surface area contributed by atoms with Gasteiger partial charge in [-0.05, 0) is 43.9 Å². The Bertz CT molecular complexity index is 527. The van der Waals surface area contributed by atoms with Crippen molar-refractivity contribution in [2.45, 2.75) is 45.1 Å². The minimum Gasteiger partial charge on any atom is -0.481 e. The van der Waals surface area contributed by atoms with Gasteiger partial charge in [-0.1, -0.05) is 18.6 Å². The summed E-state index contributed by atoms with van der Waals surface area (Å²) in [7, 11) is 0. The number of carbonyl (C=O) groups is 2. The highest BCUT2D eigenvalue weighted by Gasteiger charge is 2.45. The van der Waals surface area contributed by atoms with E-state index in [9.17, 15) is 14.7 Å². The predicted molar refractivity (Wildman–Crippen MR) is 80.7 cm³/mol. The van der Waals surface area contributed by atoms with Crippen LogP contribution >= 0.6 is 0 Å². The van der Waals surface area contributed by atoms with Crippen molar-refractivity contribution >= 4 is 17.6 Å². The zero-order valence-electron chi connectivity index (χ0n) is 12.3. The SMILES string of the molecule is CC1(C(=O)O)CCCC1NC(=O)CCc1ccc(N)cc1. The summed E-state index contributed by atoms with van der Waals surface area (Å²) in [6, 6.07) is 7.16. The van der Waals surface area contributed by atoms with Crippen LogP contribution in [0.4, 0.5) is 5.69 Å². The zero-order chi connectivity index (χ0) is 15.5. The van der Waals surface area contributed by atoms with Crippen LogP contribution in [0.1, 0.15) is 38.2 Å².